The summed E-state index contributed by atoms with van der Waals surface area (Å²) >= 11 is 0. The quantitative estimate of drug-likeness (QED) is 0.724. The minimum Gasteiger partial charge on any atom is -0.315 e. The van der Waals surface area contributed by atoms with Gasteiger partial charge in [-0.05, 0) is 51.6 Å². The minimum absolute atomic E-state index is 0.738. The molecule has 1 N–H and O–H groups in total. The summed E-state index contributed by atoms with van der Waals surface area (Å²) in [4.78, 5) is 5.45. The third kappa shape index (κ3) is 5.01. The number of piperidine rings is 1. The lowest BCUT2D eigenvalue weighted by atomic mass is 9.97. The molecule has 20 heavy (non-hydrogen) atoms. The third-order valence-electron chi connectivity index (χ3n) is 5.03. The van der Waals surface area contributed by atoms with E-state index in [1.165, 1.54) is 64.8 Å². The smallest absolute Gasteiger partial charge is 0.0223 e. The summed E-state index contributed by atoms with van der Waals surface area (Å²) in [5.74, 6) is 0.844. The molecule has 0 aromatic heterocycles. The lowest BCUT2D eigenvalue weighted by Crippen LogP contribution is -2.59. The zero-order valence-corrected chi connectivity index (χ0v) is 13.9. The van der Waals surface area contributed by atoms with Crippen molar-refractivity contribution in [3.8, 4) is 0 Å². The number of hydrogen-bond acceptors (Lipinski definition) is 3. The second-order valence-corrected chi connectivity index (χ2v) is 7.27. The van der Waals surface area contributed by atoms with Gasteiger partial charge in [0.25, 0.3) is 0 Å². The minimum atomic E-state index is 0.738. The van der Waals surface area contributed by atoms with Crippen molar-refractivity contribution in [1.29, 1.82) is 0 Å². The van der Waals surface area contributed by atoms with E-state index in [4.69, 9.17) is 0 Å². The molecular formula is C17H35N3. The van der Waals surface area contributed by atoms with E-state index in [9.17, 15) is 0 Å². The summed E-state index contributed by atoms with van der Waals surface area (Å²) in [7, 11) is 0. The van der Waals surface area contributed by atoms with Crippen LogP contribution in [0.25, 0.3) is 0 Å². The van der Waals surface area contributed by atoms with Crippen molar-refractivity contribution in [3.05, 3.63) is 0 Å². The van der Waals surface area contributed by atoms with Crippen molar-refractivity contribution >= 4 is 0 Å². The molecule has 0 aromatic carbocycles. The van der Waals surface area contributed by atoms with E-state index in [0.29, 0.717) is 0 Å². The van der Waals surface area contributed by atoms with Crippen LogP contribution in [0.1, 0.15) is 52.9 Å². The molecule has 2 aliphatic rings. The first-order valence-corrected chi connectivity index (χ1v) is 8.85. The summed E-state index contributed by atoms with van der Waals surface area (Å²) in [6.45, 7) is 14.5. The summed E-state index contributed by atoms with van der Waals surface area (Å²) in [5.41, 5.74) is 0. The maximum atomic E-state index is 3.63. The van der Waals surface area contributed by atoms with Crippen molar-refractivity contribution < 1.29 is 0 Å². The molecule has 2 aliphatic heterocycles. The van der Waals surface area contributed by atoms with E-state index < -0.39 is 0 Å². The van der Waals surface area contributed by atoms with Crippen LogP contribution < -0.4 is 5.32 Å². The fourth-order valence-electron chi connectivity index (χ4n) is 3.71. The predicted molar refractivity (Wildman–Crippen MR) is 87.2 cm³/mol. The van der Waals surface area contributed by atoms with Crippen molar-refractivity contribution in [2.45, 2.75) is 65.0 Å². The van der Waals surface area contributed by atoms with Gasteiger partial charge in [-0.2, -0.15) is 0 Å². The highest BCUT2D eigenvalue weighted by Gasteiger charge is 2.32. The van der Waals surface area contributed by atoms with Gasteiger partial charge in [-0.1, -0.05) is 20.3 Å². The van der Waals surface area contributed by atoms with Gasteiger partial charge in [0.15, 0.2) is 0 Å². The van der Waals surface area contributed by atoms with Gasteiger partial charge in [-0.25, -0.2) is 0 Å². The third-order valence-corrected chi connectivity index (χ3v) is 5.03. The number of hydrogen-bond donors (Lipinski definition) is 1. The molecule has 2 atom stereocenters. The van der Waals surface area contributed by atoms with E-state index in [1.807, 2.05) is 0 Å². The Morgan fingerprint density at radius 1 is 1.15 bits per heavy atom. The van der Waals surface area contributed by atoms with Gasteiger partial charge in [0.05, 0.1) is 0 Å². The highest BCUT2D eigenvalue weighted by Crippen LogP contribution is 2.23. The first-order valence-electron chi connectivity index (χ1n) is 8.85. The Kier molecular flexibility index (Phi) is 6.79. The van der Waals surface area contributed by atoms with Gasteiger partial charge < -0.3 is 5.32 Å². The maximum Gasteiger partial charge on any atom is 0.0223 e. The fourth-order valence-corrected chi connectivity index (χ4v) is 3.71. The molecule has 2 heterocycles. The molecule has 2 rings (SSSR count). The Bertz CT molecular complexity index is 267. The Morgan fingerprint density at radius 2 is 2.00 bits per heavy atom. The second kappa shape index (κ2) is 8.35. The Labute approximate surface area is 126 Å². The second-order valence-electron chi connectivity index (χ2n) is 7.27. The summed E-state index contributed by atoms with van der Waals surface area (Å²) in [6.07, 6.45) is 6.95. The molecule has 0 spiro atoms. The zero-order chi connectivity index (χ0) is 14.4. The van der Waals surface area contributed by atoms with Crippen molar-refractivity contribution in [2.24, 2.45) is 5.92 Å². The summed E-state index contributed by atoms with van der Waals surface area (Å²) < 4.78 is 0. The van der Waals surface area contributed by atoms with Crippen LogP contribution in [0.2, 0.25) is 0 Å². The van der Waals surface area contributed by atoms with E-state index in [2.05, 4.69) is 35.9 Å². The van der Waals surface area contributed by atoms with Crippen molar-refractivity contribution in [2.75, 3.05) is 39.3 Å². The van der Waals surface area contributed by atoms with Crippen LogP contribution in [-0.4, -0.2) is 61.2 Å². The molecule has 0 radical (unpaired) electrons. The maximum absolute atomic E-state index is 3.63. The van der Waals surface area contributed by atoms with Gasteiger partial charge >= 0.3 is 0 Å². The molecular weight excluding hydrogens is 246 g/mol. The molecule has 3 nitrogen and oxygen atoms in total. The van der Waals surface area contributed by atoms with Crippen LogP contribution in [0.15, 0.2) is 0 Å². The van der Waals surface area contributed by atoms with Crippen LogP contribution in [0.5, 0.6) is 0 Å². The average Bonchev–Trinajstić information content (AvgIpc) is 2.42. The Hall–Kier alpha value is -0.120. The first kappa shape index (κ1) is 16.3. The number of piperazine rings is 1. The molecule has 118 valence electrons. The molecule has 0 bridgehead atoms. The van der Waals surface area contributed by atoms with Gasteiger partial charge in [0.2, 0.25) is 0 Å². The van der Waals surface area contributed by atoms with E-state index in [1.54, 1.807) is 0 Å². The largest absolute Gasteiger partial charge is 0.315 e. The lowest BCUT2D eigenvalue weighted by molar-refractivity contribution is 0.0161. The molecule has 0 saturated carbocycles. The monoisotopic (exact) mass is 281 g/mol. The van der Waals surface area contributed by atoms with E-state index in [0.717, 1.165) is 24.5 Å². The number of fused-ring (bicyclic) bond motifs is 1. The number of nitrogens with one attached hydrogen (secondary N) is 1. The van der Waals surface area contributed by atoms with Crippen LogP contribution in [0.4, 0.5) is 0 Å². The van der Waals surface area contributed by atoms with E-state index >= 15 is 0 Å². The average molecular weight is 281 g/mol. The normalized spacial score (nSPS) is 28.8. The Balaban J connectivity index is 1.60. The molecule has 2 saturated heterocycles. The number of rotatable bonds is 7. The van der Waals surface area contributed by atoms with Gasteiger partial charge in [-0.15, -0.1) is 0 Å². The van der Waals surface area contributed by atoms with Crippen molar-refractivity contribution in [1.82, 2.24) is 15.1 Å². The first-order chi connectivity index (χ1) is 9.66. The van der Waals surface area contributed by atoms with Crippen LogP contribution in [0.3, 0.4) is 0 Å². The van der Waals surface area contributed by atoms with Gasteiger partial charge in [0, 0.05) is 38.3 Å². The van der Waals surface area contributed by atoms with Crippen LogP contribution in [0, 0.1) is 5.92 Å². The molecule has 2 unspecified atom stereocenters. The topological polar surface area (TPSA) is 18.5 Å². The highest BCUT2D eigenvalue weighted by molar-refractivity contribution is 4.89. The molecule has 0 amide bonds. The fraction of sp³-hybridized carbons (Fsp3) is 1.00. The highest BCUT2D eigenvalue weighted by atomic mass is 15.3. The Morgan fingerprint density at radius 3 is 2.80 bits per heavy atom. The standard InChI is InChI=1S/C17H35N3/c1-15(2)7-6-9-18-10-12-19-14-17-8-4-5-11-20(17)13-16(19)3/h15-18H,4-14H2,1-3H3. The summed E-state index contributed by atoms with van der Waals surface area (Å²) in [5, 5.41) is 3.63. The van der Waals surface area contributed by atoms with Gasteiger partial charge in [0.1, 0.15) is 0 Å². The van der Waals surface area contributed by atoms with Crippen LogP contribution >= 0.6 is 0 Å². The molecule has 2 fully saturated rings. The summed E-state index contributed by atoms with van der Waals surface area (Å²) in [6, 6.07) is 1.59. The molecule has 3 heteroatoms. The van der Waals surface area contributed by atoms with Gasteiger partial charge in [-0.3, -0.25) is 9.80 Å². The number of nitrogens with zero attached hydrogens (tertiary/aromatic N) is 2. The lowest BCUT2D eigenvalue weighted by Gasteiger charge is -2.47. The molecule has 0 aromatic rings. The van der Waals surface area contributed by atoms with Crippen molar-refractivity contribution in [3.63, 3.8) is 0 Å². The van der Waals surface area contributed by atoms with Crippen LogP contribution in [-0.2, 0) is 0 Å². The predicted octanol–water partition coefficient (Wildman–Crippen LogP) is 2.57. The molecule has 0 aliphatic carbocycles. The zero-order valence-electron chi connectivity index (χ0n) is 13.9. The SMILES string of the molecule is CC(C)CCCNCCN1CC2CCCCN2CC1C. The van der Waals surface area contributed by atoms with E-state index in [-0.39, 0.29) is 0 Å².